The molecule has 1 unspecified atom stereocenters. The van der Waals surface area contributed by atoms with E-state index in [1.807, 2.05) is 0 Å². The monoisotopic (exact) mass is 899 g/mol. The second-order valence-electron chi connectivity index (χ2n) is 18.8. The van der Waals surface area contributed by atoms with E-state index in [1.165, 1.54) is 167 Å². The number of esters is 3. The lowest BCUT2D eigenvalue weighted by Gasteiger charge is -2.18. The predicted molar refractivity (Wildman–Crippen MR) is 275 cm³/mol. The molecular formula is C58H106O6. The summed E-state index contributed by atoms with van der Waals surface area (Å²) >= 11 is 0. The fraction of sp³-hybridized carbons (Fsp3) is 0.845. The summed E-state index contributed by atoms with van der Waals surface area (Å²) in [7, 11) is 0. The smallest absolute Gasteiger partial charge is 0.306 e. The molecule has 64 heavy (non-hydrogen) atoms. The summed E-state index contributed by atoms with van der Waals surface area (Å²) in [5, 5.41) is 0. The van der Waals surface area contributed by atoms with Gasteiger partial charge in [0.25, 0.3) is 0 Å². The SMILES string of the molecule is CCCCCCCCC/C=C\CCCCCC(=O)OCC(COC(=O)CCCCCCC/C=C\CCCCCCCCCCC)OC(=O)CCCCC/C=C\CCCCCCCCC. The molecule has 0 rings (SSSR count). The van der Waals surface area contributed by atoms with Crippen LogP contribution in [0.1, 0.15) is 297 Å². The van der Waals surface area contributed by atoms with Crippen LogP contribution in [0.5, 0.6) is 0 Å². The molecule has 0 saturated carbocycles. The lowest BCUT2D eigenvalue weighted by molar-refractivity contribution is -0.167. The third kappa shape index (κ3) is 50.6. The molecule has 0 aromatic heterocycles. The van der Waals surface area contributed by atoms with Gasteiger partial charge in [0.1, 0.15) is 13.2 Å². The minimum Gasteiger partial charge on any atom is -0.462 e. The first kappa shape index (κ1) is 61.6. The van der Waals surface area contributed by atoms with Gasteiger partial charge in [-0.05, 0) is 96.3 Å². The molecule has 6 heteroatoms. The third-order valence-corrected chi connectivity index (χ3v) is 12.3. The normalized spacial score (nSPS) is 12.2. The summed E-state index contributed by atoms with van der Waals surface area (Å²) in [5.74, 6) is -0.913. The predicted octanol–water partition coefficient (Wildman–Crippen LogP) is 18.5. The number of ether oxygens (including phenoxy) is 3. The van der Waals surface area contributed by atoms with E-state index in [0.29, 0.717) is 19.3 Å². The summed E-state index contributed by atoms with van der Waals surface area (Å²) in [4.78, 5) is 38.0. The van der Waals surface area contributed by atoms with Crippen molar-refractivity contribution in [1.29, 1.82) is 0 Å². The van der Waals surface area contributed by atoms with Gasteiger partial charge in [-0.15, -0.1) is 0 Å². The van der Waals surface area contributed by atoms with Crippen LogP contribution in [-0.2, 0) is 28.6 Å². The van der Waals surface area contributed by atoms with Crippen LogP contribution in [0.15, 0.2) is 36.5 Å². The standard InChI is InChI=1S/C58H106O6/c1-4-7-10-13-16-19-22-25-28-29-30-31-34-36-39-42-45-48-51-57(60)63-54-55(64-58(61)52-49-46-43-40-37-33-27-24-21-18-15-12-9-6-3)53-62-56(59)50-47-44-41-38-35-32-26-23-20-17-14-11-8-5-2/h30-33,35,37,55H,4-29,34,36,38-54H2,1-3H3/b31-30-,35-32-,37-33-. The summed E-state index contributed by atoms with van der Waals surface area (Å²) in [6.07, 6.45) is 62.8. The topological polar surface area (TPSA) is 78.9 Å². The van der Waals surface area contributed by atoms with Crippen LogP contribution in [0, 0.1) is 0 Å². The van der Waals surface area contributed by atoms with Crippen LogP contribution in [0.25, 0.3) is 0 Å². The molecule has 0 aliphatic heterocycles. The summed E-state index contributed by atoms with van der Waals surface area (Å²) in [6.45, 7) is 6.63. The molecule has 0 aromatic carbocycles. The minimum absolute atomic E-state index is 0.0854. The highest BCUT2D eigenvalue weighted by Crippen LogP contribution is 2.15. The maximum absolute atomic E-state index is 12.8. The van der Waals surface area contributed by atoms with Crippen molar-refractivity contribution in [2.75, 3.05) is 13.2 Å². The molecule has 0 heterocycles. The molecule has 0 amide bonds. The molecule has 0 N–H and O–H groups in total. The minimum atomic E-state index is -0.787. The molecular weight excluding hydrogens is 793 g/mol. The lowest BCUT2D eigenvalue weighted by Crippen LogP contribution is -2.30. The van der Waals surface area contributed by atoms with E-state index in [0.717, 1.165) is 89.9 Å². The maximum atomic E-state index is 12.8. The maximum Gasteiger partial charge on any atom is 0.306 e. The van der Waals surface area contributed by atoms with E-state index in [-0.39, 0.29) is 31.1 Å². The van der Waals surface area contributed by atoms with E-state index in [1.54, 1.807) is 0 Å². The van der Waals surface area contributed by atoms with E-state index >= 15 is 0 Å². The van der Waals surface area contributed by atoms with E-state index in [2.05, 4.69) is 57.2 Å². The van der Waals surface area contributed by atoms with Crippen molar-refractivity contribution in [2.24, 2.45) is 0 Å². The van der Waals surface area contributed by atoms with Crippen molar-refractivity contribution < 1.29 is 28.6 Å². The molecule has 0 saturated heterocycles. The molecule has 1 atom stereocenters. The van der Waals surface area contributed by atoms with E-state index in [4.69, 9.17) is 14.2 Å². The van der Waals surface area contributed by atoms with Crippen molar-refractivity contribution in [3.8, 4) is 0 Å². The number of carbonyl (C=O) groups is 3. The molecule has 0 aliphatic rings. The Morgan fingerprint density at radius 2 is 0.516 bits per heavy atom. The van der Waals surface area contributed by atoms with Gasteiger partial charge in [0, 0.05) is 19.3 Å². The summed E-state index contributed by atoms with van der Waals surface area (Å²) in [5.41, 5.74) is 0. The van der Waals surface area contributed by atoms with Gasteiger partial charge in [0.15, 0.2) is 6.10 Å². The van der Waals surface area contributed by atoms with Gasteiger partial charge < -0.3 is 14.2 Å². The Morgan fingerprint density at radius 1 is 0.297 bits per heavy atom. The van der Waals surface area contributed by atoms with Gasteiger partial charge >= 0.3 is 17.9 Å². The Morgan fingerprint density at radius 3 is 0.797 bits per heavy atom. The zero-order chi connectivity index (χ0) is 46.5. The van der Waals surface area contributed by atoms with Crippen molar-refractivity contribution in [3.63, 3.8) is 0 Å². The zero-order valence-electron chi connectivity index (χ0n) is 42.8. The van der Waals surface area contributed by atoms with Crippen LogP contribution in [0.3, 0.4) is 0 Å². The van der Waals surface area contributed by atoms with E-state index in [9.17, 15) is 14.4 Å². The number of hydrogen-bond donors (Lipinski definition) is 0. The molecule has 0 aromatic rings. The van der Waals surface area contributed by atoms with Crippen LogP contribution >= 0.6 is 0 Å². The van der Waals surface area contributed by atoms with Crippen LogP contribution < -0.4 is 0 Å². The van der Waals surface area contributed by atoms with Crippen molar-refractivity contribution in [2.45, 2.75) is 303 Å². The van der Waals surface area contributed by atoms with Crippen molar-refractivity contribution in [1.82, 2.24) is 0 Å². The molecule has 0 aliphatic carbocycles. The molecule has 0 radical (unpaired) electrons. The zero-order valence-corrected chi connectivity index (χ0v) is 42.8. The first-order valence-corrected chi connectivity index (χ1v) is 28.0. The van der Waals surface area contributed by atoms with Crippen molar-refractivity contribution >= 4 is 17.9 Å². The van der Waals surface area contributed by atoms with Crippen molar-refractivity contribution in [3.05, 3.63) is 36.5 Å². The largest absolute Gasteiger partial charge is 0.462 e. The average molecular weight is 899 g/mol. The van der Waals surface area contributed by atoms with Gasteiger partial charge in [-0.25, -0.2) is 0 Å². The number of carbonyl (C=O) groups excluding carboxylic acids is 3. The highest BCUT2D eigenvalue weighted by molar-refractivity contribution is 5.71. The quantitative estimate of drug-likeness (QED) is 0.0262. The number of allylic oxidation sites excluding steroid dienone is 6. The van der Waals surface area contributed by atoms with Gasteiger partial charge in [-0.3, -0.25) is 14.4 Å². The summed E-state index contributed by atoms with van der Waals surface area (Å²) in [6, 6.07) is 0. The van der Waals surface area contributed by atoms with Crippen LogP contribution in [0.2, 0.25) is 0 Å². The van der Waals surface area contributed by atoms with Gasteiger partial charge in [0.2, 0.25) is 0 Å². The van der Waals surface area contributed by atoms with E-state index < -0.39 is 6.10 Å². The molecule has 0 bridgehead atoms. The molecule has 374 valence electrons. The van der Waals surface area contributed by atoms with Gasteiger partial charge in [-0.1, -0.05) is 218 Å². The number of hydrogen-bond acceptors (Lipinski definition) is 6. The fourth-order valence-electron chi connectivity index (χ4n) is 8.07. The average Bonchev–Trinajstić information content (AvgIpc) is 3.29. The number of unbranched alkanes of at least 4 members (excludes halogenated alkanes) is 34. The first-order chi connectivity index (χ1) is 31.5. The Kier molecular flexibility index (Phi) is 51.3. The Balaban J connectivity index is 4.38. The van der Waals surface area contributed by atoms with Crippen LogP contribution in [0.4, 0.5) is 0 Å². The first-order valence-electron chi connectivity index (χ1n) is 28.0. The molecule has 0 spiro atoms. The second-order valence-corrected chi connectivity index (χ2v) is 18.8. The Bertz CT molecular complexity index is 1080. The van der Waals surface area contributed by atoms with Gasteiger partial charge in [-0.2, -0.15) is 0 Å². The third-order valence-electron chi connectivity index (χ3n) is 12.3. The highest BCUT2D eigenvalue weighted by Gasteiger charge is 2.19. The molecule has 0 fully saturated rings. The lowest BCUT2D eigenvalue weighted by atomic mass is 10.1. The Labute approximate surface area is 397 Å². The van der Waals surface area contributed by atoms with Crippen LogP contribution in [-0.4, -0.2) is 37.2 Å². The Hall–Kier alpha value is -2.37. The fourth-order valence-corrected chi connectivity index (χ4v) is 8.07. The second kappa shape index (κ2) is 53.2. The highest BCUT2D eigenvalue weighted by atomic mass is 16.6. The summed E-state index contributed by atoms with van der Waals surface area (Å²) < 4.78 is 16.8. The van der Waals surface area contributed by atoms with Gasteiger partial charge in [0.05, 0.1) is 0 Å². The molecule has 6 nitrogen and oxygen atoms in total. The number of rotatable bonds is 51.